The topological polar surface area (TPSA) is 61.7 Å². The van der Waals surface area contributed by atoms with Crippen LogP contribution in [0.2, 0.25) is 5.02 Å². The van der Waals surface area contributed by atoms with Gasteiger partial charge in [-0.25, -0.2) is 9.38 Å². The predicted molar refractivity (Wildman–Crippen MR) is 118 cm³/mol. The summed E-state index contributed by atoms with van der Waals surface area (Å²) < 4.78 is 15.1. The van der Waals surface area contributed by atoms with Crippen molar-refractivity contribution in [1.29, 1.82) is 0 Å². The number of benzene rings is 1. The van der Waals surface area contributed by atoms with E-state index in [2.05, 4.69) is 15.6 Å². The van der Waals surface area contributed by atoms with E-state index in [-0.39, 0.29) is 36.4 Å². The number of aryl methyl sites for hydroxylation is 1. The number of nitrogens with zero attached hydrogens (tertiary/aromatic N) is 3. The van der Waals surface area contributed by atoms with Gasteiger partial charge in [0.05, 0.1) is 11.6 Å². The number of aliphatic imine (C=N–C) groups is 1. The molecular weight excluding hydrogens is 484 g/mol. The molecule has 0 aliphatic rings. The number of hydrogen-bond acceptors (Lipinski definition) is 2. The van der Waals surface area contributed by atoms with Crippen LogP contribution in [0.15, 0.2) is 41.5 Å². The number of amides is 1. The minimum absolute atomic E-state index is 0. The minimum Gasteiger partial charge on any atom is -0.357 e. The van der Waals surface area contributed by atoms with E-state index in [1.54, 1.807) is 6.07 Å². The van der Waals surface area contributed by atoms with Crippen molar-refractivity contribution in [1.82, 2.24) is 14.8 Å². The Bertz CT molecular complexity index is 796. The zero-order valence-electron chi connectivity index (χ0n) is 15.5. The molecule has 1 heterocycles. The third kappa shape index (κ3) is 7.37. The molecule has 27 heavy (non-hydrogen) atoms. The number of carbonyl (C=O) groups is 1. The second-order valence-electron chi connectivity index (χ2n) is 5.85. The van der Waals surface area contributed by atoms with Crippen LogP contribution in [-0.4, -0.2) is 41.5 Å². The molecule has 0 spiro atoms. The number of halogens is 3. The first-order valence-electron chi connectivity index (χ1n) is 8.24. The Morgan fingerprint density at radius 1 is 1.37 bits per heavy atom. The van der Waals surface area contributed by atoms with E-state index in [0.29, 0.717) is 29.8 Å². The van der Waals surface area contributed by atoms with Gasteiger partial charge in [-0.3, -0.25) is 4.79 Å². The molecule has 148 valence electrons. The van der Waals surface area contributed by atoms with Crippen LogP contribution in [0, 0.1) is 5.82 Å². The lowest BCUT2D eigenvalue weighted by molar-refractivity contribution is -0.114. The van der Waals surface area contributed by atoms with Crippen LogP contribution in [0.3, 0.4) is 0 Å². The average molecular weight is 508 g/mol. The third-order valence-electron chi connectivity index (χ3n) is 3.65. The maximum Gasteiger partial charge on any atom is 0.246 e. The van der Waals surface area contributed by atoms with Crippen molar-refractivity contribution >= 4 is 53.1 Å². The van der Waals surface area contributed by atoms with Gasteiger partial charge in [-0.05, 0) is 31.2 Å². The van der Waals surface area contributed by atoms with Crippen molar-refractivity contribution in [3.05, 3.63) is 53.1 Å². The zero-order chi connectivity index (χ0) is 19.1. The Hall–Kier alpha value is -1.81. The molecule has 6 nitrogen and oxygen atoms in total. The molecule has 9 heteroatoms. The van der Waals surface area contributed by atoms with E-state index >= 15 is 0 Å². The van der Waals surface area contributed by atoms with Crippen LogP contribution in [0.4, 0.5) is 10.1 Å². The van der Waals surface area contributed by atoms with Gasteiger partial charge in [0.15, 0.2) is 5.96 Å². The monoisotopic (exact) mass is 507 g/mol. The van der Waals surface area contributed by atoms with Crippen molar-refractivity contribution in [2.75, 3.05) is 25.5 Å². The van der Waals surface area contributed by atoms with E-state index < -0.39 is 5.82 Å². The van der Waals surface area contributed by atoms with Crippen LogP contribution >= 0.6 is 35.6 Å². The summed E-state index contributed by atoms with van der Waals surface area (Å²) >= 11 is 6.02. The third-order valence-corrected chi connectivity index (χ3v) is 3.86. The molecule has 0 aliphatic heterocycles. The maximum atomic E-state index is 13.2. The summed E-state index contributed by atoms with van der Waals surface area (Å²) in [5.41, 5.74) is 1.43. The van der Waals surface area contributed by atoms with Gasteiger partial charge >= 0.3 is 0 Å². The van der Waals surface area contributed by atoms with Crippen molar-refractivity contribution in [3.8, 4) is 0 Å². The molecule has 1 amide bonds. The van der Waals surface area contributed by atoms with Gasteiger partial charge in [0.25, 0.3) is 0 Å². The van der Waals surface area contributed by atoms with Crippen molar-refractivity contribution < 1.29 is 9.18 Å². The molecule has 0 bridgehead atoms. The summed E-state index contributed by atoms with van der Waals surface area (Å²) in [6.45, 7) is 3.13. The molecular formula is C18H24ClFIN5O. The fourth-order valence-corrected chi connectivity index (χ4v) is 2.70. The van der Waals surface area contributed by atoms with E-state index in [1.165, 1.54) is 18.2 Å². The molecule has 0 saturated heterocycles. The molecule has 0 radical (unpaired) electrons. The van der Waals surface area contributed by atoms with E-state index in [0.717, 1.165) is 5.69 Å². The highest BCUT2D eigenvalue weighted by Gasteiger charge is 2.11. The van der Waals surface area contributed by atoms with Gasteiger partial charge < -0.3 is 20.1 Å². The van der Waals surface area contributed by atoms with Crippen LogP contribution in [0.25, 0.3) is 0 Å². The summed E-state index contributed by atoms with van der Waals surface area (Å²) in [5.74, 6) is -0.124. The van der Waals surface area contributed by atoms with Gasteiger partial charge in [-0.15, -0.1) is 24.0 Å². The molecule has 0 atom stereocenters. The van der Waals surface area contributed by atoms with Crippen molar-refractivity contribution in [2.24, 2.45) is 12.0 Å². The largest absolute Gasteiger partial charge is 0.357 e. The second kappa shape index (κ2) is 11.1. The van der Waals surface area contributed by atoms with Gasteiger partial charge in [0.2, 0.25) is 5.91 Å². The number of carbonyl (C=O) groups excluding carboxylic acids is 1. The highest BCUT2D eigenvalue weighted by molar-refractivity contribution is 14.0. The Labute approximate surface area is 180 Å². The molecule has 1 aromatic heterocycles. The number of hydrogen-bond donors (Lipinski definition) is 2. The van der Waals surface area contributed by atoms with Crippen LogP contribution < -0.4 is 10.6 Å². The molecule has 2 aromatic rings. The Balaban J connectivity index is 0.00000364. The quantitative estimate of drug-likeness (QED) is 0.358. The zero-order valence-corrected chi connectivity index (χ0v) is 18.6. The van der Waals surface area contributed by atoms with Gasteiger partial charge in [0.1, 0.15) is 12.4 Å². The fraction of sp³-hybridized carbons (Fsp3) is 0.333. The summed E-state index contributed by atoms with van der Waals surface area (Å²) in [4.78, 5) is 18.3. The number of nitrogens with one attached hydrogen (secondary N) is 2. The maximum absolute atomic E-state index is 13.2. The smallest absolute Gasteiger partial charge is 0.246 e. The van der Waals surface area contributed by atoms with Crippen LogP contribution in [-0.2, 0) is 18.4 Å². The van der Waals surface area contributed by atoms with Crippen molar-refractivity contribution in [3.63, 3.8) is 0 Å². The van der Waals surface area contributed by atoms with Gasteiger partial charge in [-0.2, -0.15) is 0 Å². The van der Waals surface area contributed by atoms with E-state index in [1.807, 2.05) is 42.7 Å². The predicted octanol–water partition coefficient (Wildman–Crippen LogP) is 3.47. The molecule has 1 aromatic carbocycles. The standard InChI is InChI=1S/C18H23ClFN5O.HI/c1-4-21-18(25(3)12-16-8-13(19)11-24(16)2)22-10-17(26)23-15-7-5-6-14(20)9-15;/h5-9,11H,4,10,12H2,1-3H3,(H,21,22)(H,23,26);1H. The summed E-state index contributed by atoms with van der Waals surface area (Å²) in [6, 6.07) is 7.64. The van der Waals surface area contributed by atoms with E-state index in [9.17, 15) is 9.18 Å². The summed E-state index contributed by atoms with van der Waals surface area (Å²) in [7, 11) is 3.80. The van der Waals surface area contributed by atoms with Gasteiger partial charge in [0, 0.05) is 38.2 Å². The molecule has 0 fully saturated rings. The first kappa shape index (κ1) is 23.2. The molecule has 0 unspecified atom stereocenters. The van der Waals surface area contributed by atoms with E-state index in [4.69, 9.17) is 11.6 Å². The number of aromatic nitrogens is 1. The lowest BCUT2D eigenvalue weighted by atomic mass is 10.3. The highest BCUT2D eigenvalue weighted by Crippen LogP contribution is 2.14. The fourth-order valence-electron chi connectivity index (χ4n) is 2.42. The summed E-state index contributed by atoms with van der Waals surface area (Å²) in [5, 5.41) is 6.45. The number of anilines is 1. The summed E-state index contributed by atoms with van der Waals surface area (Å²) in [6.07, 6.45) is 1.83. The Morgan fingerprint density at radius 3 is 2.70 bits per heavy atom. The van der Waals surface area contributed by atoms with Gasteiger partial charge in [-0.1, -0.05) is 17.7 Å². The lowest BCUT2D eigenvalue weighted by Gasteiger charge is -2.22. The SMILES string of the molecule is CCNC(=NCC(=O)Nc1cccc(F)c1)N(C)Cc1cc(Cl)cn1C.I. The number of guanidine groups is 1. The molecule has 2 N–H and O–H groups in total. The highest BCUT2D eigenvalue weighted by atomic mass is 127. The van der Waals surface area contributed by atoms with Crippen molar-refractivity contribution in [2.45, 2.75) is 13.5 Å². The normalized spacial score (nSPS) is 10.9. The Morgan fingerprint density at radius 2 is 2.11 bits per heavy atom. The average Bonchev–Trinajstić information content (AvgIpc) is 2.88. The first-order valence-corrected chi connectivity index (χ1v) is 8.62. The molecule has 0 saturated carbocycles. The Kier molecular flexibility index (Phi) is 9.57. The first-order chi connectivity index (χ1) is 12.4. The van der Waals surface area contributed by atoms with Crippen LogP contribution in [0.5, 0.6) is 0 Å². The molecule has 2 rings (SSSR count). The molecule has 0 aliphatic carbocycles. The second-order valence-corrected chi connectivity index (χ2v) is 6.28. The van der Waals surface area contributed by atoms with Crippen LogP contribution in [0.1, 0.15) is 12.6 Å². The lowest BCUT2D eigenvalue weighted by Crippen LogP contribution is -2.39. The minimum atomic E-state index is -0.402. The number of rotatable bonds is 6.